The van der Waals surface area contributed by atoms with Crippen molar-refractivity contribution in [3.63, 3.8) is 0 Å². The Kier molecular flexibility index (Phi) is 6.54. The van der Waals surface area contributed by atoms with E-state index in [-0.39, 0.29) is 6.04 Å². The number of nitrogens with two attached hydrogens (primary N) is 1. The van der Waals surface area contributed by atoms with Crippen LogP contribution in [0, 0.1) is 0 Å². The maximum atomic E-state index is 5.96. The van der Waals surface area contributed by atoms with Crippen LogP contribution in [0.4, 0.5) is 0 Å². The first kappa shape index (κ1) is 14.1. The zero-order chi connectivity index (χ0) is 12.0. The minimum Gasteiger partial charge on any atom is -0.271 e. The fraction of sp³-hybridized carbons (Fsp3) is 0.455. The molecule has 0 saturated heterocycles. The van der Waals surface area contributed by atoms with Crippen molar-refractivity contribution >= 4 is 35.0 Å². The summed E-state index contributed by atoms with van der Waals surface area (Å²) in [5.74, 6) is 6.60. The van der Waals surface area contributed by atoms with Crippen molar-refractivity contribution in [1.82, 2.24) is 5.43 Å². The number of benzene rings is 1. The van der Waals surface area contributed by atoms with Gasteiger partial charge in [0.2, 0.25) is 0 Å². The lowest BCUT2D eigenvalue weighted by atomic mass is 10.0. The van der Waals surface area contributed by atoms with Crippen LogP contribution in [0.1, 0.15) is 12.0 Å². The monoisotopic (exact) mass is 278 g/mol. The molecule has 16 heavy (non-hydrogen) atoms. The number of halogens is 2. The van der Waals surface area contributed by atoms with Crippen molar-refractivity contribution in [3.05, 3.63) is 33.8 Å². The van der Waals surface area contributed by atoms with Gasteiger partial charge < -0.3 is 0 Å². The zero-order valence-corrected chi connectivity index (χ0v) is 11.5. The summed E-state index contributed by atoms with van der Waals surface area (Å²) in [7, 11) is 0. The Morgan fingerprint density at radius 3 is 2.69 bits per heavy atom. The molecule has 1 aromatic rings. The highest BCUT2D eigenvalue weighted by molar-refractivity contribution is 7.98. The first-order valence-electron chi connectivity index (χ1n) is 5.06. The third-order valence-electron chi connectivity index (χ3n) is 2.37. The normalized spacial score (nSPS) is 12.8. The average Bonchev–Trinajstić information content (AvgIpc) is 2.29. The van der Waals surface area contributed by atoms with Gasteiger partial charge in [-0.25, -0.2) is 0 Å². The highest BCUT2D eigenvalue weighted by Gasteiger charge is 2.08. The molecule has 1 unspecified atom stereocenters. The minimum atomic E-state index is 0.282. The second-order valence-electron chi connectivity index (χ2n) is 3.60. The second kappa shape index (κ2) is 7.41. The molecule has 90 valence electrons. The van der Waals surface area contributed by atoms with Gasteiger partial charge in [0, 0.05) is 6.04 Å². The molecular formula is C11H16Cl2N2S. The van der Waals surface area contributed by atoms with E-state index in [9.17, 15) is 0 Å². The number of nitrogens with one attached hydrogen (secondary N) is 1. The first-order valence-corrected chi connectivity index (χ1v) is 7.21. The van der Waals surface area contributed by atoms with Crippen LogP contribution in [-0.2, 0) is 6.42 Å². The predicted octanol–water partition coefficient (Wildman–Crippen LogP) is 3.12. The van der Waals surface area contributed by atoms with Crippen LogP contribution in [0.25, 0.3) is 0 Å². The van der Waals surface area contributed by atoms with E-state index < -0.39 is 0 Å². The quantitative estimate of drug-likeness (QED) is 0.620. The van der Waals surface area contributed by atoms with E-state index in [1.807, 2.05) is 30.0 Å². The summed E-state index contributed by atoms with van der Waals surface area (Å²) >= 11 is 13.6. The number of rotatable bonds is 6. The van der Waals surface area contributed by atoms with Crippen LogP contribution in [0.3, 0.4) is 0 Å². The molecule has 1 rings (SSSR count). The maximum absolute atomic E-state index is 5.96. The van der Waals surface area contributed by atoms with Crippen LogP contribution in [0.2, 0.25) is 10.0 Å². The van der Waals surface area contributed by atoms with Gasteiger partial charge in [-0.2, -0.15) is 11.8 Å². The van der Waals surface area contributed by atoms with Crippen molar-refractivity contribution in [2.24, 2.45) is 5.84 Å². The van der Waals surface area contributed by atoms with Crippen molar-refractivity contribution in [3.8, 4) is 0 Å². The van der Waals surface area contributed by atoms with E-state index in [4.69, 9.17) is 29.0 Å². The van der Waals surface area contributed by atoms with Gasteiger partial charge in [-0.15, -0.1) is 0 Å². The summed E-state index contributed by atoms with van der Waals surface area (Å²) < 4.78 is 0. The fourth-order valence-corrected chi connectivity index (χ4v) is 2.30. The highest BCUT2D eigenvalue weighted by atomic mass is 35.5. The van der Waals surface area contributed by atoms with Gasteiger partial charge >= 0.3 is 0 Å². The SMILES string of the molecule is CSCCC(Cc1ccc(Cl)c(Cl)c1)NN. The standard InChI is InChI=1S/C11H16Cl2N2S/c1-16-5-4-9(15-14)6-8-2-3-10(12)11(13)7-8/h2-3,7,9,15H,4-6,14H2,1H3. The fourth-order valence-electron chi connectivity index (χ4n) is 1.46. The number of thioether (sulfide) groups is 1. The Morgan fingerprint density at radius 2 is 2.12 bits per heavy atom. The van der Waals surface area contributed by atoms with Crippen molar-refractivity contribution in [2.45, 2.75) is 18.9 Å². The van der Waals surface area contributed by atoms with Crippen molar-refractivity contribution < 1.29 is 0 Å². The predicted molar refractivity (Wildman–Crippen MR) is 74.3 cm³/mol. The molecule has 0 saturated carbocycles. The molecule has 0 aliphatic rings. The molecule has 5 heteroatoms. The van der Waals surface area contributed by atoms with E-state index in [0.29, 0.717) is 10.0 Å². The third-order valence-corrected chi connectivity index (χ3v) is 3.76. The Labute approximate surface area is 111 Å². The lowest BCUT2D eigenvalue weighted by molar-refractivity contribution is 0.514. The summed E-state index contributed by atoms with van der Waals surface area (Å²) in [4.78, 5) is 0. The van der Waals surface area contributed by atoms with Gasteiger partial charge in [-0.3, -0.25) is 11.3 Å². The summed E-state index contributed by atoms with van der Waals surface area (Å²) in [5.41, 5.74) is 3.98. The molecular weight excluding hydrogens is 263 g/mol. The lowest BCUT2D eigenvalue weighted by Gasteiger charge is -2.15. The average molecular weight is 279 g/mol. The molecule has 0 fully saturated rings. The second-order valence-corrected chi connectivity index (χ2v) is 5.40. The first-order chi connectivity index (χ1) is 7.67. The summed E-state index contributed by atoms with van der Waals surface area (Å²) in [6.07, 6.45) is 4.00. The van der Waals surface area contributed by atoms with Crippen molar-refractivity contribution in [2.75, 3.05) is 12.0 Å². The van der Waals surface area contributed by atoms with E-state index in [0.717, 1.165) is 24.2 Å². The van der Waals surface area contributed by atoms with Gasteiger partial charge in [0.1, 0.15) is 0 Å². The summed E-state index contributed by atoms with van der Waals surface area (Å²) in [6, 6.07) is 5.98. The molecule has 2 nitrogen and oxygen atoms in total. The molecule has 1 atom stereocenters. The van der Waals surface area contributed by atoms with E-state index in [1.165, 1.54) is 0 Å². The van der Waals surface area contributed by atoms with E-state index >= 15 is 0 Å². The van der Waals surface area contributed by atoms with Crippen LogP contribution in [0.15, 0.2) is 18.2 Å². The minimum absolute atomic E-state index is 0.282. The summed E-state index contributed by atoms with van der Waals surface area (Å²) in [5, 5.41) is 1.19. The largest absolute Gasteiger partial charge is 0.271 e. The lowest BCUT2D eigenvalue weighted by Crippen LogP contribution is -2.37. The number of hydrogen-bond acceptors (Lipinski definition) is 3. The van der Waals surface area contributed by atoms with Gasteiger partial charge in [-0.05, 0) is 42.5 Å². The molecule has 0 aliphatic heterocycles. The highest BCUT2D eigenvalue weighted by Crippen LogP contribution is 2.23. The Bertz CT molecular complexity index is 334. The Morgan fingerprint density at radius 1 is 1.38 bits per heavy atom. The zero-order valence-electron chi connectivity index (χ0n) is 9.17. The molecule has 0 aromatic heterocycles. The molecule has 1 aromatic carbocycles. The van der Waals surface area contributed by atoms with Gasteiger partial charge in [-0.1, -0.05) is 29.3 Å². The molecule has 0 radical (unpaired) electrons. The topological polar surface area (TPSA) is 38.0 Å². The Balaban J connectivity index is 2.59. The molecule has 0 amide bonds. The van der Waals surface area contributed by atoms with E-state index in [2.05, 4.69) is 11.7 Å². The molecule has 0 heterocycles. The number of hydrogen-bond donors (Lipinski definition) is 2. The number of hydrazine groups is 1. The van der Waals surface area contributed by atoms with E-state index in [1.54, 1.807) is 0 Å². The summed E-state index contributed by atoms with van der Waals surface area (Å²) in [6.45, 7) is 0. The molecule has 0 aliphatic carbocycles. The van der Waals surface area contributed by atoms with Gasteiger partial charge in [0.05, 0.1) is 10.0 Å². The van der Waals surface area contributed by atoms with Crippen molar-refractivity contribution in [1.29, 1.82) is 0 Å². The van der Waals surface area contributed by atoms with Crippen LogP contribution in [0.5, 0.6) is 0 Å². The maximum Gasteiger partial charge on any atom is 0.0595 e. The third kappa shape index (κ3) is 4.52. The van der Waals surface area contributed by atoms with Crippen LogP contribution in [-0.4, -0.2) is 18.1 Å². The molecule has 0 spiro atoms. The van der Waals surface area contributed by atoms with Crippen LogP contribution < -0.4 is 11.3 Å². The van der Waals surface area contributed by atoms with Gasteiger partial charge in [0.15, 0.2) is 0 Å². The smallest absolute Gasteiger partial charge is 0.0595 e. The Hall–Kier alpha value is 0.0700. The van der Waals surface area contributed by atoms with Gasteiger partial charge in [0.25, 0.3) is 0 Å². The molecule has 0 bridgehead atoms. The molecule has 3 N–H and O–H groups in total. The van der Waals surface area contributed by atoms with Crippen LogP contribution >= 0.6 is 35.0 Å².